The molecule has 30 heavy (non-hydrogen) atoms. The molecule has 4 N–H and O–H groups in total. The Balaban J connectivity index is 1.78. The van der Waals surface area contributed by atoms with Gasteiger partial charge in [0, 0.05) is 17.4 Å². The van der Waals surface area contributed by atoms with Gasteiger partial charge >= 0.3 is 5.97 Å². The first-order valence-electron chi connectivity index (χ1n) is 10.8. The maximum absolute atomic E-state index is 12.2. The Morgan fingerprint density at radius 1 is 1.20 bits per heavy atom. The van der Waals surface area contributed by atoms with Crippen LogP contribution < -0.4 is 0 Å². The van der Waals surface area contributed by atoms with Gasteiger partial charge in [-0.3, -0.25) is 0 Å². The lowest BCUT2D eigenvalue weighted by molar-refractivity contribution is -0.268. The minimum absolute atomic E-state index is 0.0962. The molecule has 2 saturated carbocycles. The zero-order chi connectivity index (χ0) is 22.1. The van der Waals surface area contributed by atoms with Gasteiger partial charge in [-0.05, 0) is 42.7 Å². The van der Waals surface area contributed by atoms with Gasteiger partial charge in [0.15, 0.2) is 0 Å². The van der Waals surface area contributed by atoms with E-state index in [1.54, 1.807) is 13.0 Å². The van der Waals surface area contributed by atoms with Crippen LogP contribution in [-0.4, -0.2) is 56.9 Å². The van der Waals surface area contributed by atoms with Gasteiger partial charge in [-0.1, -0.05) is 51.1 Å². The van der Waals surface area contributed by atoms with Crippen LogP contribution in [0.3, 0.4) is 0 Å². The molecule has 0 unspecified atom stereocenters. The number of benzene rings is 1. The van der Waals surface area contributed by atoms with Crippen molar-refractivity contribution in [1.82, 2.24) is 0 Å². The van der Waals surface area contributed by atoms with E-state index in [9.17, 15) is 25.2 Å². The van der Waals surface area contributed by atoms with Crippen LogP contribution in [-0.2, 0) is 9.53 Å². The molecular formula is C24H34O6. The highest BCUT2D eigenvalue weighted by Crippen LogP contribution is 2.56. The second-order valence-corrected chi connectivity index (χ2v) is 9.50. The van der Waals surface area contributed by atoms with Gasteiger partial charge in [0.05, 0.1) is 18.3 Å². The number of hydrogen-bond donors (Lipinski definition) is 4. The number of aliphatic hydroxyl groups is 4. The summed E-state index contributed by atoms with van der Waals surface area (Å²) in [5.74, 6) is -1.52. The topological polar surface area (TPSA) is 107 Å². The molecule has 0 heterocycles. The molecule has 6 nitrogen and oxygen atoms in total. The molecule has 6 heteroatoms. The van der Waals surface area contributed by atoms with Gasteiger partial charge in [-0.2, -0.15) is 0 Å². The molecule has 2 fully saturated rings. The van der Waals surface area contributed by atoms with Crippen LogP contribution in [0.1, 0.15) is 45.6 Å². The van der Waals surface area contributed by atoms with E-state index in [-0.39, 0.29) is 31.3 Å². The van der Waals surface area contributed by atoms with Crippen LogP contribution in [0.25, 0.3) is 6.08 Å². The quantitative estimate of drug-likeness (QED) is 0.431. The van der Waals surface area contributed by atoms with E-state index in [2.05, 4.69) is 0 Å². The van der Waals surface area contributed by atoms with Gasteiger partial charge in [0.25, 0.3) is 0 Å². The summed E-state index contributed by atoms with van der Waals surface area (Å²) < 4.78 is 5.36. The fourth-order valence-electron chi connectivity index (χ4n) is 5.45. The highest BCUT2D eigenvalue weighted by atomic mass is 16.5. The van der Waals surface area contributed by atoms with E-state index in [1.165, 1.54) is 6.08 Å². The Bertz CT molecular complexity index is 762. The molecule has 1 aromatic carbocycles. The van der Waals surface area contributed by atoms with Crippen molar-refractivity contribution in [3.8, 4) is 0 Å². The Morgan fingerprint density at radius 3 is 2.50 bits per heavy atom. The normalized spacial score (nSPS) is 39.1. The molecular weight excluding hydrogens is 384 g/mol. The van der Waals surface area contributed by atoms with Crippen molar-refractivity contribution in [2.75, 3.05) is 6.61 Å². The number of ether oxygens (including phenoxy) is 1. The molecule has 2 aliphatic carbocycles. The minimum atomic E-state index is -1.53. The highest BCUT2D eigenvalue weighted by Gasteiger charge is 2.64. The fraction of sp³-hybridized carbons (Fsp3) is 0.625. The van der Waals surface area contributed by atoms with Gasteiger partial charge in [0.1, 0.15) is 12.2 Å². The lowest BCUT2D eigenvalue weighted by atomic mass is 9.49. The summed E-state index contributed by atoms with van der Waals surface area (Å²) in [5.41, 5.74) is -1.76. The van der Waals surface area contributed by atoms with Crippen LogP contribution in [0.2, 0.25) is 0 Å². The smallest absolute Gasteiger partial charge is 0.330 e. The number of carbonyl (C=O) groups is 1. The lowest BCUT2D eigenvalue weighted by Crippen LogP contribution is -2.69. The molecule has 0 amide bonds. The predicted octanol–water partition coefficient (Wildman–Crippen LogP) is 2.15. The van der Waals surface area contributed by atoms with E-state index in [4.69, 9.17) is 4.74 Å². The van der Waals surface area contributed by atoms with Crippen LogP contribution >= 0.6 is 0 Å². The third-order valence-electron chi connectivity index (χ3n) is 7.34. The van der Waals surface area contributed by atoms with Gasteiger partial charge in [-0.25, -0.2) is 4.79 Å². The molecule has 0 spiro atoms. The largest absolute Gasteiger partial charge is 0.459 e. The van der Waals surface area contributed by atoms with Crippen molar-refractivity contribution in [1.29, 1.82) is 0 Å². The van der Waals surface area contributed by atoms with Crippen molar-refractivity contribution in [3.63, 3.8) is 0 Å². The molecule has 2 aliphatic rings. The zero-order valence-corrected chi connectivity index (χ0v) is 17.9. The molecule has 0 aromatic heterocycles. The molecule has 0 bridgehead atoms. The molecule has 7 atom stereocenters. The Hall–Kier alpha value is -1.73. The highest BCUT2D eigenvalue weighted by molar-refractivity contribution is 5.87. The second kappa shape index (κ2) is 8.79. The molecule has 3 rings (SSSR count). The van der Waals surface area contributed by atoms with Crippen molar-refractivity contribution < 1.29 is 30.0 Å². The average molecular weight is 419 g/mol. The van der Waals surface area contributed by atoms with Gasteiger partial charge < -0.3 is 25.2 Å². The second-order valence-electron chi connectivity index (χ2n) is 9.50. The first-order chi connectivity index (χ1) is 14.1. The summed E-state index contributed by atoms with van der Waals surface area (Å²) in [5, 5.41) is 44.2. The third-order valence-corrected chi connectivity index (χ3v) is 7.34. The Kier molecular flexibility index (Phi) is 6.72. The van der Waals surface area contributed by atoms with Crippen molar-refractivity contribution in [2.24, 2.45) is 23.2 Å². The van der Waals surface area contributed by atoms with Crippen molar-refractivity contribution in [2.45, 2.75) is 63.9 Å². The molecule has 1 aromatic rings. The number of carbonyl (C=O) groups excluding carboxylic acids is 1. The monoisotopic (exact) mass is 418 g/mol. The summed E-state index contributed by atoms with van der Waals surface area (Å²) >= 11 is 0. The number of esters is 1. The van der Waals surface area contributed by atoms with E-state index < -0.39 is 41.2 Å². The lowest BCUT2D eigenvalue weighted by Gasteiger charge is -2.61. The SMILES string of the molecule is CC(C)[C@@H]1C[C@H](O)[C@]2(C)[C@H](O)CC[C@@](O)(COC(=O)C=Cc3ccccc3)[C@H]2[C@@H]1O. The number of fused-ring (bicyclic) bond motifs is 1. The summed E-state index contributed by atoms with van der Waals surface area (Å²) in [6.07, 6.45) is 1.10. The Morgan fingerprint density at radius 2 is 1.87 bits per heavy atom. The number of rotatable bonds is 5. The number of hydrogen-bond acceptors (Lipinski definition) is 6. The first-order valence-corrected chi connectivity index (χ1v) is 10.8. The van der Waals surface area contributed by atoms with E-state index in [0.717, 1.165) is 5.56 Å². The van der Waals surface area contributed by atoms with Crippen molar-refractivity contribution in [3.05, 3.63) is 42.0 Å². The molecule has 166 valence electrons. The average Bonchev–Trinajstić information content (AvgIpc) is 2.71. The summed E-state index contributed by atoms with van der Waals surface area (Å²) in [6, 6.07) is 9.33. The predicted molar refractivity (Wildman–Crippen MR) is 113 cm³/mol. The summed E-state index contributed by atoms with van der Waals surface area (Å²) in [7, 11) is 0. The molecule has 0 aliphatic heterocycles. The van der Waals surface area contributed by atoms with Crippen LogP contribution in [0.4, 0.5) is 0 Å². The summed E-state index contributed by atoms with van der Waals surface area (Å²) in [4.78, 5) is 12.2. The maximum atomic E-state index is 12.2. The van der Waals surface area contributed by atoms with Crippen LogP contribution in [0.5, 0.6) is 0 Å². The van der Waals surface area contributed by atoms with Gasteiger partial charge in [-0.15, -0.1) is 0 Å². The van der Waals surface area contributed by atoms with Crippen LogP contribution in [0.15, 0.2) is 36.4 Å². The molecule has 0 saturated heterocycles. The zero-order valence-electron chi connectivity index (χ0n) is 17.9. The van der Waals surface area contributed by atoms with Crippen LogP contribution in [0, 0.1) is 23.2 Å². The summed E-state index contributed by atoms with van der Waals surface area (Å²) in [6.45, 7) is 5.35. The van der Waals surface area contributed by atoms with Crippen molar-refractivity contribution >= 4 is 12.0 Å². The van der Waals surface area contributed by atoms with E-state index in [1.807, 2.05) is 44.2 Å². The minimum Gasteiger partial charge on any atom is -0.459 e. The van der Waals surface area contributed by atoms with E-state index in [0.29, 0.717) is 6.42 Å². The van der Waals surface area contributed by atoms with Gasteiger partial charge in [0.2, 0.25) is 0 Å². The standard InChI is InChI=1S/C24H34O6/c1-15(2)17-13-19(26)23(3)18(25)11-12-24(29,22(23)21(17)28)14-30-20(27)10-9-16-7-5-4-6-8-16/h4-10,15,17-19,21-22,25-26,28-29H,11-14H2,1-3H3/t17-,18+,19-,21+,22-,23-,24+/m0/s1. The molecule has 0 radical (unpaired) electrons. The third kappa shape index (κ3) is 4.19. The fourth-order valence-corrected chi connectivity index (χ4v) is 5.45. The van der Waals surface area contributed by atoms with E-state index >= 15 is 0 Å². The number of aliphatic hydroxyl groups excluding tert-OH is 3. The Labute approximate surface area is 178 Å². The maximum Gasteiger partial charge on any atom is 0.330 e. The first kappa shape index (κ1) is 22.9.